The molecule has 206 valence electrons. The number of para-hydroxylation sites is 1. The second kappa shape index (κ2) is 12.5. The summed E-state index contributed by atoms with van der Waals surface area (Å²) < 4.78 is 0. The number of nitrogens with two attached hydrogens (primary N) is 1. The number of aliphatic hydroxyl groups excluding tert-OH is 1. The van der Waals surface area contributed by atoms with Gasteiger partial charge in [-0.1, -0.05) is 18.2 Å². The lowest BCUT2D eigenvalue weighted by atomic mass is 10.0. The molecule has 3 amide bonds. The number of benzene rings is 1. The first kappa shape index (κ1) is 28.6. The summed E-state index contributed by atoms with van der Waals surface area (Å²) in [7, 11) is 0. The number of nitrogens with zero attached hydrogens (tertiary/aromatic N) is 1. The van der Waals surface area contributed by atoms with E-state index in [1.54, 1.807) is 6.20 Å². The van der Waals surface area contributed by atoms with Gasteiger partial charge in [-0.25, -0.2) is 4.79 Å². The normalized spacial score (nSPS) is 18.4. The summed E-state index contributed by atoms with van der Waals surface area (Å²) in [6.45, 7) is 1.47. The number of hydrogen-bond donors (Lipinski definition) is 7. The fourth-order valence-corrected chi connectivity index (χ4v) is 4.56. The van der Waals surface area contributed by atoms with E-state index in [2.05, 4.69) is 15.6 Å². The van der Waals surface area contributed by atoms with Crippen molar-refractivity contribution in [1.29, 1.82) is 0 Å². The van der Waals surface area contributed by atoms with Crippen LogP contribution < -0.4 is 16.4 Å². The molecule has 0 radical (unpaired) electrons. The third-order valence-corrected chi connectivity index (χ3v) is 6.60. The second-order valence-corrected chi connectivity index (χ2v) is 9.42. The highest BCUT2D eigenvalue weighted by Gasteiger charge is 2.38. The van der Waals surface area contributed by atoms with Crippen LogP contribution in [0.4, 0.5) is 0 Å². The van der Waals surface area contributed by atoms with Crippen molar-refractivity contribution < 1.29 is 39.3 Å². The van der Waals surface area contributed by atoms with E-state index >= 15 is 0 Å². The highest BCUT2D eigenvalue weighted by molar-refractivity contribution is 5.95. The van der Waals surface area contributed by atoms with E-state index in [1.807, 2.05) is 24.3 Å². The third-order valence-electron chi connectivity index (χ3n) is 6.60. The molecule has 5 atom stereocenters. The summed E-state index contributed by atoms with van der Waals surface area (Å²) in [5.74, 6) is -4.52. The average Bonchev–Trinajstić information content (AvgIpc) is 3.52. The molecule has 8 N–H and O–H groups in total. The van der Waals surface area contributed by atoms with Crippen LogP contribution in [-0.2, 0) is 30.4 Å². The van der Waals surface area contributed by atoms with E-state index in [0.29, 0.717) is 18.4 Å². The summed E-state index contributed by atoms with van der Waals surface area (Å²) >= 11 is 0. The highest BCUT2D eigenvalue weighted by atomic mass is 16.4. The molecule has 0 bridgehead atoms. The molecule has 1 aliphatic rings. The maximum absolute atomic E-state index is 13.3. The number of fused-ring (bicyclic) bond motifs is 1. The SMILES string of the molecule is CC(O)C(NC(=O)C(Cc1c[nH]c2ccccc12)NC(=O)C1CCCN1C(=O)C(N)CCC(=O)O)C(=O)O. The van der Waals surface area contributed by atoms with E-state index < -0.39 is 59.9 Å². The maximum Gasteiger partial charge on any atom is 0.328 e. The molecule has 0 aliphatic carbocycles. The lowest BCUT2D eigenvalue weighted by Crippen LogP contribution is -2.58. The minimum absolute atomic E-state index is 0.00648. The number of hydrogen-bond acceptors (Lipinski definition) is 7. The Bertz CT molecular complexity index is 1200. The number of aromatic amines is 1. The first-order valence-corrected chi connectivity index (χ1v) is 12.3. The zero-order valence-electron chi connectivity index (χ0n) is 20.9. The number of H-pyrrole nitrogens is 1. The van der Waals surface area contributed by atoms with E-state index in [0.717, 1.165) is 10.9 Å². The smallest absolute Gasteiger partial charge is 0.328 e. The molecule has 0 saturated carbocycles. The van der Waals surface area contributed by atoms with E-state index in [9.17, 15) is 34.2 Å². The van der Waals surface area contributed by atoms with E-state index in [4.69, 9.17) is 10.8 Å². The van der Waals surface area contributed by atoms with Crippen LogP contribution in [0.25, 0.3) is 10.9 Å². The Morgan fingerprint density at radius 3 is 2.53 bits per heavy atom. The number of nitrogens with one attached hydrogen (secondary N) is 3. The number of carboxylic acids is 2. The number of aliphatic hydroxyl groups is 1. The Morgan fingerprint density at radius 2 is 1.87 bits per heavy atom. The fraction of sp³-hybridized carbons (Fsp3) is 0.480. The Morgan fingerprint density at radius 1 is 1.16 bits per heavy atom. The number of amides is 3. The van der Waals surface area contributed by atoms with Crippen molar-refractivity contribution in [3.8, 4) is 0 Å². The number of rotatable bonds is 12. The lowest BCUT2D eigenvalue weighted by molar-refractivity contribution is -0.145. The van der Waals surface area contributed by atoms with Gasteiger partial charge in [-0.05, 0) is 37.8 Å². The maximum atomic E-state index is 13.3. The molecule has 0 spiro atoms. The summed E-state index contributed by atoms with van der Waals surface area (Å²) in [6.07, 6.45) is 0.753. The number of carbonyl (C=O) groups is 5. The molecule has 38 heavy (non-hydrogen) atoms. The van der Waals surface area contributed by atoms with Gasteiger partial charge in [0.1, 0.15) is 12.1 Å². The second-order valence-electron chi connectivity index (χ2n) is 9.42. The molecule has 1 fully saturated rings. The van der Waals surface area contributed by atoms with Crippen LogP contribution in [0.1, 0.15) is 38.2 Å². The molecule has 5 unspecified atom stereocenters. The molecular formula is C25H33N5O8. The quantitative estimate of drug-likeness (QED) is 0.184. The van der Waals surface area contributed by atoms with Gasteiger partial charge >= 0.3 is 11.9 Å². The fourth-order valence-electron chi connectivity index (χ4n) is 4.56. The van der Waals surface area contributed by atoms with Crippen molar-refractivity contribution in [1.82, 2.24) is 20.5 Å². The van der Waals surface area contributed by atoms with Crippen LogP contribution in [0.15, 0.2) is 30.5 Å². The average molecular weight is 532 g/mol. The predicted octanol–water partition coefficient (Wildman–Crippen LogP) is -0.671. The molecule has 1 aliphatic heterocycles. The molecule has 1 aromatic carbocycles. The molecule has 3 rings (SSSR count). The van der Waals surface area contributed by atoms with Crippen molar-refractivity contribution in [3.05, 3.63) is 36.0 Å². The Kier molecular flexibility index (Phi) is 9.42. The van der Waals surface area contributed by atoms with Crippen LogP contribution in [0.2, 0.25) is 0 Å². The molecule has 2 aromatic rings. The molecule has 13 heteroatoms. The number of likely N-dealkylation sites (tertiary alicyclic amines) is 1. The summed E-state index contributed by atoms with van der Waals surface area (Å²) in [5, 5.41) is 33.8. The Hall–Kier alpha value is -3.97. The number of aliphatic carboxylic acids is 2. The summed E-state index contributed by atoms with van der Waals surface area (Å²) in [6, 6.07) is 2.50. The van der Waals surface area contributed by atoms with Gasteiger partial charge in [-0.2, -0.15) is 0 Å². The molecular weight excluding hydrogens is 498 g/mol. The topological polar surface area (TPSA) is 215 Å². The van der Waals surface area contributed by atoms with Gasteiger partial charge in [-0.3, -0.25) is 19.2 Å². The van der Waals surface area contributed by atoms with Crippen molar-refractivity contribution in [3.63, 3.8) is 0 Å². The molecule has 13 nitrogen and oxygen atoms in total. The Balaban J connectivity index is 1.81. The van der Waals surface area contributed by atoms with Crippen LogP contribution in [0, 0.1) is 0 Å². The van der Waals surface area contributed by atoms with Gasteiger partial charge in [0.15, 0.2) is 6.04 Å². The van der Waals surface area contributed by atoms with Gasteiger partial charge in [0.05, 0.1) is 12.1 Å². The Labute approximate surface area is 218 Å². The van der Waals surface area contributed by atoms with Crippen LogP contribution in [0.5, 0.6) is 0 Å². The lowest BCUT2D eigenvalue weighted by Gasteiger charge is -2.29. The number of aromatic nitrogens is 1. The molecule has 1 saturated heterocycles. The molecule has 2 heterocycles. The largest absolute Gasteiger partial charge is 0.481 e. The van der Waals surface area contributed by atoms with Gasteiger partial charge in [-0.15, -0.1) is 0 Å². The number of carbonyl (C=O) groups excluding carboxylic acids is 3. The van der Waals surface area contributed by atoms with Gasteiger partial charge in [0, 0.05) is 36.5 Å². The van der Waals surface area contributed by atoms with Gasteiger partial charge in [0.2, 0.25) is 17.7 Å². The molecule has 1 aromatic heterocycles. The summed E-state index contributed by atoms with van der Waals surface area (Å²) in [4.78, 5) is 66.1. The van der Waals surface area contributed by atoms with Crippen molar-refractivity contribution >= 4 is 40.6 Å². The van der Waals surface area contributed by atoms with Crippen LogP contribution in [-0.4, -0.2) is 91.7 Å². The third kappa shape index (κ3) is 6.86. The zero-order valence-corrected chi connectivity index (χ0v) is 20.9. The summed E-state index contributed by atoms with van der Waals surface area (Å²) in [5.41, 5.74) is 7.38. The van der Waals surface area contributed by atoms with E-state index in [1.165, 1.54) is 11.8 Å². The highest BCUT2D eigenvalue weighted by Crippen LogP contribution is 2.22. The minimum Gasteiger partial charge on any atom is -0.481 e. The van der Waals surface area contributed by atoms with E-state index in [-0.39, 0.29) is 25.8 Å². The van der Waals surface area contributed by atoms with Crippen LogP contribution in [0.3, 0.4) is 0 Å². The monoisotopic (exact) mass is 531 g/mol. The van der Waals surface area contributed by atoms with Crippen molar-refractivity contribution in [2.24, 2.45) is 5.73 Å². The minimum atomic E-state index is -1.60. The first-order chi connectivity index (χ1) is 18.0. The van der Waals surface area contributed by atoms with Crippen LogP contribution >= 0.6 is 0 Å². The zero-order chi connectivity index (χ0) is 28.0. The van der Waals surface area contributed by atoms with Gasteiger partial charge < -0.3 is 41.6 Å². The predicted molar refractivity (Wildman–Crippen MR) is 135 cm³/mol. The number of carboxylic acid groups (broad SMARTS) is 2. The van der Waals surface area contributed by atoms with Crippen molar-refractivity contribution in [2.75, 3.05) is 6.54 Å². The standard InChI is InChI=1S/C25H33N5O8/c1-13(31)21(25(37)38)29-22(34)18(11-14-12-27-17-6-3-2-5-15(14)17)28-23(35)19-7-4-10-30(19)24(36)16(26)8-9-20(32)33/h2-3,5-6,12-13,16,18-19,21,27,31H,4,7-11,26H2,1H3,(H,28,35)(H,29,34)(H,32,33)(H,37,38). The van der Waals surface area contributed by atoms with Crippen molar-refractivity contribution in [2.45, 2.75) is 69.3 Å². The van der Waals surface area contributed by atoms with Gasteiger partial charge in [0.25, 0.3) is 0 Å². The first-order valence-electron chi connectivity index (χ1n) is 12.3.